The zero-order valence-corrected chi connectivity index (χ0v) is 11.7. The van der Waals surface area contributed by atoms with Crippen LogP contribution in [-0.2, 0) is 0 Å². The molecular weight excluding hydrogens is 335 g/mol. The average molecular weight is 343 g/mol. The molecule has 0 saturated carbocycles. The number of ether oxygens (including phenoxy) is 1. The van der Waals surface area contributed by atoms with E-state index in [1.165, 1.54) is 19.1 Å². The van der Waals surface area contributed by atoms with Crippen LogP contribution in [0.15, 0.2) is 22.7 Å². The summed E-state index contributed by atoms with van der Waals surface area (Å²) in [6, 6.07) is 3.92. The Morgan fingerprint density at radius 3 is 2.75 bits per heavy atom. The maximum absolute atomic E-state index is 13.4. The smallest absolute Gasteiger partial charge is 0.352 e. The van der Waals surface area contributed by atoms with Gasteiger partial charge in [-0.25, -0.2) is 9.37 Å². The van der Waals surface area contributed by atoms with E-state index < -0.39 is 16.4 Å². The fraction of sp³-hybridized carbons (Fsp3) is 0.0909. The number of nitrogen functional groups attached to an aromatic ring is 1. The first-order valence-corrected chi connectivity index (χ1v) is 6.09. The van der Waals surface area contributed by atoms with Crippen LogP contribution in [0.1, 0.15) is 5.69 Å². The van der Waals surface area contributed by atoms with E-state index in [9.17, 15) is 14.5 Å². The predicted molar refractivity (Wildman–Crippen MR) is 72.0 cm³/mol. The Kier molecular flexibility index (Phi) is 3.79. The fourth-order valence-electron chi connectivity index (χ4n) is 1.49. The van der Waals surface area contributed by atoms with Crippen molar-refractivity contribution in [2.24, 2.45) is 0 Å². The number of nitrogens with two attached hydrogens (primary N) is 1. The SMILES string of the molecule is Cc1nc(N)nc(Oc2ccc(Br)c(F)c2)c1[N+](=O)[O-]. The molecule has 0 aliphatic heterocycles. The lowest BCUT2D eigenvalue weighted by molar-refractivity contribution is -0.386. The molecule has 7 nitrogen and oxygen atoms in total. The van der Waals surface area contributed by atoms with E-state index in [0.29, 0.717) is 0 Å². The second-order valence-corrected chi connectivity index (χ2v) is 4.61. The van der Waals surface area contributed by atoms with Gasteiger partial charge in [-0.3, -0.25) is 10.1 Å². The third-order valence-electron chi connectivity index (χ3n) is 2.33. The summed E-state index contributed by atoms with van der Waals surface area (Å²) in [4.78, 5) is 17.7. The quantitative estimate of drug-likeness (QED) is 0.679. The van der Waals surface area contributed by atoms with Crippen molar-refractivity contribution in [2.45, 2.75) is 6.92 Å². The van der Waals surface area contributed by atoms with E-state index in [1.54, 1.807) is 0 Å². The summed E-state index contributed by atoms with van der Waals surface area (Å²) >= 11 is 2.99. The number of hydrogen-bond donors (Lipinski definition) is 1. The van der Waals surface area contributed by atoms with Gasteiger partial charge >= 0.3 is 11.6 Å². The van der Waals surface area contributed by atoms with Crippen molar-refractivity contribution in [1.82, 2.24) is 9.97 Å². The lowest BCUT2D eigenvalue weighted by atomic mass is 10.3. The molecule has 0 spiro atoms. The van der Waals surface area contributed by atoms with Gasteiger partial charge in [-0.1, -0.05) is 0 Å². The first kappa shape index (κ1) is 14.1. The highest BCUT2D eigenvalue weighted by atomic mass is 79.9. The minimum atomic E-state index is -0.681. The van der Waals surface area contributed by atoms with Crippen molar-refractivity contribution in [3.05, 3.63) is 44.3 Å². The Morgan fingerprint density at radius 2 is 2.15 bits per heavy atom. The van der Waals surface area contributed by atoms with Gasteiger partial charge in [0.2, 0.25) is 5.95 Å². The van der Waals surface area contributed by atoms with Crippen LogP contribution in [0.5, 0.6) is 11.6 Å². The Hall–Kier alpha value is -2.29. The van der Waals surface area contributed by atoms with Crippen molar-refractivity contribution in [3.63, 3.8) is 0 Å². The zero-order chi connectivity index (χ0) is 14.9. The van der Waals surface area contributed by atoms with Gasteiger partial charge in [-0.15, -0.1) is 0 Å². The molecule has 2 rings (SSSR count). The van der Waals surface area contributed by atoms with Gasteiger partial charge in [-0.05, 0) is 35.0 Å². The van der Waals surface area contributed by atoms with Crippen LogP contribution in [-0.4, -0.2) is 14.9 Å². The number of aryl methyl sites for hydroxylation is 1. The summed E-state index contributed by atoms with van der Waals surface area (Å²) in [6.07, 6.45) is 0. The summed E-state index contributed by atoms with van der Waals surface area (Å²) in [5.74, 6) is -1.00. The molecule has 1 heterocycles. The number of rotatable bonds is 3. The van der Waals surface area contributed by atoms with Gasteiger partial charge in [0.1, 0.15) is 17.3 Å². The molecule has 1 aromatic carbocycles. The van der Waals surface area contributed by atoms with Crippen LogP contribution in [0.25, 0.3) is 0 Å². The third-order valence-corrected chi connectivity index (χ3v) is 2.97. The molecule has 0 atom stereocenters. The Bertz CT molecular complexity index is 696. The van der Waals surface area contributed by atoms with E-state index in [0.717, 1.165) is 6.07 Å². The molecule has 20 heavy (non-hydrogen) atoms. The van der Waals surface area contributed by atoms with E-state index >= 15 is 0 Å². The number of benzene rings is 1. The van der Waals surface area contributed by atoms with Gasteiger partial charge in [-0.2, -0.15) is 4.98 Å². The lowest BCUT2D eigenvalue weighted by Gasteiger charge is -2.07. The monoisotopic (exact) mass is 342 g/mol. The van der Waals surface area contributed by atoms with Crippen molar-refractivity contribution in [1.29, 1.82) is 0 Å². The highest BCUT2D eigenvalue weighted by Crippen LogP contribution is 2.32. The van der Waals surface area contributed by atoms with Crippen molar-refractivity contribution in [3.8, 4) is 11.6 Å². The van der Waals surface area contributed by atoms with Crippen LogP contribution in [0.3, 0.4) is 0 Å². The second kappa shape index (κ2) is 5.37. The minimum absolute atomic E-state index is 0.0614. The van der Waals surface area contributed by atoms with E-state index in [-0.39, 0.29) is 27.7 Å². The number of anilines is 1. The Morgan fingerprint density at radius 1 is 1.45 bits per heavy atom. The maximum atomic E-state index is 13.4. The number of nitrogens with zero attached hydrogens (tertiary/aromatic N) is 3. The van der Waals surface area contributed by atoms with Crippen molar-refractivity contribution < 1.29 is 14.1 Å². The van der Waals surface area contributed by atoms with Crippen LogP contribution in [0.4, 0.5) is 16.0 Å². The number of halogens is 2. The summed E-state index contributed by atoms with van der Waals surface area (Å²) in [7, 11) is 0. The molecule has 0 fully saturated rings. The van der Waals surface area contributed by atoms with Crippen molar-refractivity contribution >= 4 is 27.6 Å². The molecular formula is C11H8BrFN4O3. The lowest BCUT2D eigenvalue weighted by Crippen LogP contribution is -2.04. The maximum Gasteiger partial charge on any atom is 0.352 e. The standard InChI is InChI=1S/C11H8BrFN4O3/c1-5-9(17(18)19)10(16-11(14)15-5)20-6-2-3-7(12)8(13)4-6/h2-4H,1H3,(H2,14,15,16). The normalized spacial score (nSPS) is 10.3. The summed E-state index contributed by atoms with van der Waals surface area (Å²) < 4.78 is 18.9. The van der Waals surface area contributed by atoms with E-state index in [4.69, 9.17) is 10.5 Å². The number of aromatic nitrogens is 2. The average Bonchev–Trinajstić information content (AvgIpc) is 2.32. The first-order chi connectivity index (χ1) is 9.38. The van der Waals surface area contributed by atoms with Gasteiger partial charge in [0, 0.05) is 6.07 Å². The van der Waals surface area contributed by atoms with Gasteiger partial charge in [0.25, 0.3) is 0 Å². The molecule has 1 aromatic heterocycles. The van der Waals surface area contributed by atoms with Crippen LogP contribution in [0, 0.1) is 22.9 Å². The Labute approximate surface area is 120 Å². The zero-order valence-electron chi connectivity index (χ0n) is 10.1. The molecule has 0 amide bonds. The topological polar surface area (TPSA) is 104 Å². The molecule has 0 saturated heterocycles. The predicted octanol–water partition coefficient (Wildman–Crippen LogP) is 2.97. The number of nitro groups is 1. The van der Waals surface area contributed by atoms with Crippen LogP contribution >= 0.6 is 15.9 Å². The third kappa shape index (κ3) is 2.82. The summed E-state index contributed by atoms with van der Waals surface area (Å²) in [5.41, 5.74) is 5.08. The second-order valence-electron chi connectivity index (χ2n) is 3.76. The summed E-state index contributed by atoms with van der Waals surface area (Å²) in [6.45, 7) is 1.41. The highest BCUT2D eigenvalue weighted by molar-refractivity contribution is 9.10. The van der Waals surface area contributed by atoms with Gasteiger partial charge in [0.05, 0.1) is 9.40 Å². The molecule has 0 aliphatic carbocycles. The first-order valence-electron chi connectivity index (χ1n) is 5.30. The van der Waals surface area contributed by atoms with E-state index in [1.807, 2.05) is 0 Å². The van der Waals surface area contributed by atoms with Crippen LogP contribution < -0.4 is 10.5 Å². The largest absolute Gasteiger partial charge is 0.433 e. The molecule has 0 radical (unpaired) electrons. The van der Waals surface area contributed by atoms with Crippen LogP contribution in [0.2, 0.25) is 0 Å². The Balaban J connectivity index is 2.47. The minimum Gasteiger partial charge on any atom is -0.433 e. The molecule has 0 unspecified atom stereocenters. The fourth-order valence-corrected chi connectivity index (χ4v) is 1.74. The number of hydrogen-bond acceptors (Lipinski definition) is 6. The molecule has 0 bridgehead atoms. The summed E-state index contributed by atoms with van der Waals surface area (Å²) in [5, 5.41) is 11.0. The van der Waals surface area contributed by atoms with Crippen molar-refractivity contribution in [2.75, 3.05) is 5.73 Å². The van der Waals surface area contributed by atoms with Gasteiger partial charge in [0.15, 0.2) is 0 Å². The molecule has 9 heteroatoms. The highest BCUT2D eigenvalue weighted by Gasteiger charge is 2.23. The molecule has 2 N–H and O–H groups in total. The molecule has 0 aliphatic rings. The molecule has 2 aromatic rings. The van der Waals surface area contributed by atoms with E-state index in [2.05, 4.69) is 25.9 Å². The van der Waals surface area contributed by atoms with Gasteiger partial charge < -0.3 is 10.5 Å². The molecule has 104 valence electrons.